The summed E-state index contributed by atoms with van der Waals surface area (Å²) in [6, 6.07) is 0. The molecule has 2 heteroatoms. The molecule has 17 heavy (non-hydrogen) atoms. The number of hydrogen-bond acceptors (Lipinski definition) is 2. The fourth-order valence-electron chi connectivity index (χ4n) is 4.09. The Hall–Kier alpha value is -0.0800. The zero-order chi connectivity index (χ0) is 11.6. The summed E-state index contributed by atoms with van der Waals surface area (Å²) in [5.41, 5.74) is 0.319. The van der Waals surface area contributed by atoms with Crippen molar-refractivity contribution in [2.45, 2.75) is 75.9 Å². The van der Waals surface area contributed by atoms with Crippen LogP contribution >= 0.6 is 0 Å². The van der Waals surface area contributed by atoms with Crippen molar-refractivity contribution in [3.63, 3.8) is 0 Å². The van der Waals surface area contributed by atoms with Gasteiger partial charge in [-0.15, -0.1) is 0 Å². The van der Waals surface area contributed by atoms with Gasteiger partial charge in [-0.1, -0.05) is 25.7 Å². The Morgan fingerprint density at radius 1 is 0.882 bits per heavy atom. The van der Waals surface area contributed by atoms with Crippen molar-refractivity contribution < 1.29 is 4.74 Å². The first-order valence-corrected chi connectivity index (χ1v) is 7.75. The van der Waals surface area contributed by atoms with Crippen molar-refractivity contribution in [2.75, 3.05) is 13.1 Å². The van der Waals surface area contributed by atoms with E-state index in [9.17, 15) is 0 Å². The number of nitrogens with one attached hydrogen (secondary N) is 1. The van der Waals surface area contributed by atoms with E-state index in [0.29, 0.717) is 11.7 Å². The molecule has 1 spiro atoms. The third-order valence-electron chi connectivity index (χ3n) is 5.13. The number of rotatable bonds is 4. The van der Waals surface area contributed by atoms with Crippen molar-refractivity contribution in [3.05, 3.63) is 0 Å². The van der Waals surface area contributed by atoms with Crippen molar-refractivity contribution >= 4 is 0 Å². The molecule has 3 aliphatic rings. The van der Waals surface area contributed by atoms with Gasteiger partial charge in [-0.2, -0.15) is 0 Å². The zero-order valence-electron chi connectivity index (χ0n) is 11.0. The zero-order valence-corrected chi connectivity index (χ0v) is 11.0. The molecule has 0 aromatic carbocycles. The van der Waals surface area contributed by atoms with Crippen LogP contribution in [-0.4, -0.2) is 24.8 Å². The molecule has 98 valence electrons. The SMILES string of the molecule is C1CCC(CNCC2CCC3(CCCC3)O2)C1. The minimum atomic E-state index is 0.319. The molecule has 1 aliphatic heterocycles. The Bertz CT molecular complexity index is 241. The first-order valence-electron chi connectivity index (χ1n) is 7.75. The quantitative estimate of drug-likeness (QED) is 0.810. The van der Waals surface area contributed by atoms with E-state index < -0.39 is 0 Å². The first kappa shape index (κ1) is 12.0. The Morgan fingerprint density at radius 3 is 2.41 bits per heavy atom. The van der Waals surface area contributed by atoms with Gasteiger partial charge in [0.05, 0.1) is 11.7 Å². The van der Waals surface area contributed by atoms with E-state index in [4.69, 9.17) is 4.74 Å². The van der Waals surface area contributed by atoms with E-state index in [2.05, 4.69) is 5.32 Å². The monoisotopic (exact) mass is 237 g/mol. The highest BCUT2D eigenvalue weighted by atomic mass is 16.5. The van der Waals surface area contributed by atoms with Gasteiger partial charge in [0.25, 0.3) is 0 Å². The lowest BCUT2D eigenvalue weighted by Crippen LogP contribution is -2.33. The number of hydrogen-bond donors (Lipinski definition) is 1. The lowest BCUT2D eigenvalue weighted by Gasteiger charge is -2.24. The topological polar surface area (TPSA) is 21.3 Å². The lowest BCUT2D eigenvalue weighted by molar-refractivity contribution is -0.0352. The lowest BCUT2D eigenvalue weighted by atomic mass is 9.98. The van der Waals surface area contributed by atoms with Gasteiger partial charge < -0.3 is 10.1 Å². The van der Waals surface area contributed by atoms with E-state index in [1.54, 1.807) is 0 Å². The summed E-state index contributed by atoms with van der Waals surface area (Å²) in [4.78, 5) is 0. The van der Waals surface area contributed by atoms with Crippen LogP contribution in [0.4, 0.5) is 0 Å². The molecule has 1 unspecified atom stereocenters. The van der Waals surface area contributed by atoms with Crippen LogP contribution in [0.2, 0.25) is 0 Å². The van der Waals surface area contributed by atoms with Crippen LogP contribution in [0.5, 0.6) is 0 Å². The summed E-state index contributed by atoms with van der Waals surface area (Å²) < 4.78 is 6.31. The summed E-state index contributed by atoms with van der Waals surface area (Å²) in [6.45, 7) is 2.32. The van der Waals surface area contributed by atoms with Crippen LogP contribution in [0.25, 0.3) is 0 Å². The molecule has 0 aromatic rings. The van der Waals surface area contributed by atoms with Crippen LogP contribution in [0.15, 0.2) is 0 Å². The molecule has 1 heterocycles. The highest BCUT2D eigenvalue weighted by molar-refractivity contribution is 4.93. The predicted molar refractivity (Wildman–Crippen MR) is 70.1 cm³/mol. The third-order valence-corrected chi connectivity index (χ3v) is 5.13. The van der Waals surface area contributed by atoms with Gasteiger partial charge in [0.15, 0.2) is 0 Å². The Kier molecular flexibility index (Phi) is 3.72. The van der Waals surface area contributed by atoms with Gasteiger partial charge in [-0.3, -0.25) is 0 Å². The smallest absolute Gasteiger partial charge is 0.0708 e. The van der Waals surface area contributed by atoms with Crippen molar-refractivity contribution in [3.8, 4) is 0 Å². The molecule has 3 fully saturated rings. The summed E-state index contributed by atoms with van der Waals surface area (Å²) in [6.07, 6.45) is 14.4. The molecular weight excluding hydrogens is 210 g/mol. The molecule has 1 atom stereocenters. The van der Waals surface area contributed by atoms with Gasteiger partial charge in [0.2, 0.25) is 0 Å². The maximum Gasteiger partial charge on any atom is 0.0708 e. The van der Waals surface area contributed by atoms with Gasteiger partial charge in [-0.05, 0) is 51.0 Å². The molecule has 2 nitrogen and oxygen atoms in total. The van der Waals surface area contributed by atoms with Crippen molar-refractivity contribution in [1.82, 2.24) is 5.32 Å². The maximum atomic E-state index is 6.31. The Labute approximate surface area is 105 Å². The Balaban J connectivity index is 1.36. The highest BCUT2D eigenvalue weighted by Gasteiger charge is 2.41. The molecule has 2 aliphatic carbocycles. The second-order valence-electron chi connectivity index (χ2n) is 6.48. The first-order chi connectivity index (χ1) is 8.36. The second kappa shape index (κ2) is 5.27. The summed E-state index contributed by atoms with van der Waals surface area (Å²) in [5, 5.41) is 3.65. The Morgan fingerprint density at radius 2 is 1.65 bits per heavy atom. The average Bonchev–Trinajstić information content (AvgIpc) is 3.04. The molecule has 1 saturated heterocycles. The van der Waals surface area contributed by atoms with Crippen LogP contribution < -0.4 is 5.32 Å². The molecular formula is C15H27NO. The molecule has 0 radical (unpaired) electrons. The van der Waals surface area contributed by atoms with Gasteiger partial charge >= 0.3 is 0 Å². The minimum Gasteiger partial charge on any atom is -0.370 e. The van der Waals surface area contributed by atoms with E-state index in [-0.39, 0.29) is 0 Å². The summed E-state index contributed by atoms with van der Waals surface area (Å²) in [5.74, 6) is 0.955. The van der Waals surface area contributed by atoms with Crippen molar-refractivity contribution in [2.24, 2.45) is 5.92 Å². The van der Waals surface area contributed by atoms with Crippen LogP contribution in [-0.2, 0) is 4.74 Å². The molecule has 3 rings (SSSR count). The standard InChI is InChI=1S/C15H27NO/c1-2-6-13(5-1)11-16-12-14-7-10-15(17-14)8-3-4-9-15/h13-14,16H,1-12H2. The molecule has 0 aromatic heterocycles. The highest BCUT2D eigenvalue weighted by Crippen LogP contribution is 2.43. The summed E-state index contributed by atoms with van der Waals surface area (Å²) >= 11 is 0. The average molecular weight is 237 g/mol. The molecule has 2 saturated carbocycles. The normalized spacial score (nSPS) is 32.8. The maximum absolute atomic E-state index is 6.31. The van der Waals surface area contributed by atoms with Crippen LogP contribution in [0.1, 0.15) is 64.2 Å². The van der Waals surface area contributed by atoms with E-state index in [0.717, 1.165) is 12.5 Å². The van der Waals surface area contributed by atoms with Gasteiger partial charge in [0, 0.05) is 6.54 Å². The van der Waals surface area contributed by atoms with Gasteiger partial charge in [-0.25, -0.2) is 0 Å². The van der Waals surface area contributed by atoms with E-state index in [1.807, 2.05) is 0 Å². The number of ether oxygens (including phenoxy) is 1. The molecule has 0 amide bonds. The van der Waals surface area contributed by atoms with Crippen LogP contribution in [0, 0.1) is 5.92 Å². The largest absolute Gasteiger partial charge is 0.370 e. The second-order valence-corrected chi connectivity index (χ2v) is 6.48. The third kappa shape index (κ3) is 2.85. The van der Waals surface area contributed by atoms with Crippen molar-refractivity contribution in [1.29, 1.82) is 0 Å². The van der Waals surface area contributed by atoms with E-state index >= 15 is 0 Å². The fraction of sp³-hybridized carbons (Fsp3) is 1.00. The van der Waals surface area contributed by atoms with E-state index in [1.165, 1.54) is 70.8 Å². The molecule has 1 N–H and O–H groups in total. The van der Waals surface area contributed by atoms with Gasteiger partial charge in [0.1, 0.15) is 0 Å². The predicted octanol–water partition coefficient (Wildman–Crippen LogP) is 3.26. The fourth-order valence-corrected chi connectivity index (χ4v) is 4.09. The minimum absolute atomic E-state index is 0.319. The summed E-state index contributed by atoms with van der Waals surface area (Å²) in [7, 11) is 0. The van der Waals surface area contributed by atoms with Crippen LogP contribution in [0.3, 0.4) is 0 Å². The molecule has 0 bridgehead atoms.